The van der Waals surface area contributed by atoms with E-state index in [1.807, 2.05) is 54.6 Å². The monoisotopic (exact) mass is 362 g/mol. The highest BCUT2D eigenvalue weighted by molar-refractivity contribution is 6.30. The summed E-state index contributed by atoms with van der Waals surface area (Å²) >= 11 is 5.95. The molecule has 5 heteroatoms. The van der Waals surface area contributed by atoms with Gasteiger partial charge in [-0.1, -0.05) is 35.9 Å². The van der Waals surface area contributed by atoms with E-state index in [0.29, 0.717) is 23.0 Å². The van der Waals surface area contributed by atoms with E-state index in [1.54, 1.807) is 24.7 Å². The van der Waals surface area contributed by atoms with E-state index >= 15 is 0 Å². The van der Waals surface area contributed by atoms with Crippen molar-refractivity contribution in [2.45, 2.75) is 6.54 Å². The molecule has 4 nitrogen and oxygen atoms in total. The molecule has 0 aliphatic heterocycles. The van der Waals surface area contributed by atoms with Gasteiger partial charge >= 0.3 is 0 Å². The highest BCUT2D eigenvalue weighted by Crippen LogP contribution is 2.27. The fourth-order valence-electron chi connectivity index (χ4n) is 2.50. The molecule has 0 spiro atoms. The number of hydrogen-bond donors (Lipinski definition) is 2. The largest absolute Gasteiger partial charge is 0.398 e. The number of benzene rings is 2. The fourth-order valence-corrected chi connectivity index (χ4v) is 2.63. The molecule has 3 aromatic rings. The number of nitrogens with two attached hydrogens (primary N) is 2. The van der Waals surface area contributed by atoms with Gasteiger partial charge in [0, 0.05) is 40.6 Å². The number of rotatable bonds is 5. The average molecular weight is 363 g/mol. The molecule has 0 unspecified atom stereocenters. The van der Waals surface area contributed by atoms with E-state index in [0.717, 1.165) is 22.3 Å². The van der Waals surface area contributed by atoms with Crippen LogP contribution in [0.5, 0.6) is 0 Å². The zero-order valence-corrected chi connectivity index (χ0v) is 14.9. The maximum absolute atomic E-state index is 6.20. The summed E-state index contributed by atoms with van der Waals surface area (Å²) in [6, 6.07) is 17.3. The average Bonchev–Trinajstić information content (AvgIpc) is 2.67. The summed E-state index contributed by atoms with van der Waals surface area (Å²) in [6.07, 6.45) is 6.98. The fraction of sp³-hybridized carbons (Fsp3) is 0.0476. The molecule has 4 N–H and O–H groups in total. The Labute approximate surface area is 157 Å². The summed E-state index contributed by atoms with van der Waals surface area (Å²) < 4.78 is 0. The van der Waals surface area contributed by atoms with E-state index in [-0.39, 0.29) is 0 Å². The molecule has 0 fully saturated rings. The first-order valence-corrected chi connectivity index (χ1v) is 8.51. The van der Waals surface area contributed by atoms with E-state index in [1.165, 1.54) is 0 Å². The van der Waals surface area contributed by atoms with Gasteiger partial charge in [-0.2, -0.15) is 0 Å². The maximum Gasteiger partial charge on any atom is 0.0654 e. The lowest BCUT2D eigenvalue weighted by atomic mass is 10.0. The second-order valence-corrected chi connectivity index (χ2v) is 6.22. The van der Waals surface area contributed by atoms with Crippen molar-refractivity contribution >= 4 is 29.2 Å². The Morgan fingerprint density at radius 2 is 1.85 bits per heavy atom. The van der Waals surface area contributed by atoms with Crippen molar-refractivity contribution < 1.29 is 0 Å². The highest BCUT2D eigenvalue weighted by atomic mass is 35.5. The molecule has 26 heavy (non-hydrogen) atoms. The summed E-state index contributed by atoms with van der Waals surface area (Å²) in [6.45, 7) is 0.553. The molecular weight excluding hydrogens is 344 g/mol. The van der Waals surface area contributed by atoms with E-state index < -0.39 is 0 Å². The topological polar surface area (TPSA) is 77.3 Å². The number of aliphatic imine (C=N–C) groups is 1. The molecule has 0 bridgehead atoms. The van der Waals surface area contributed by atoms with Crippen molar-refractivity contribution in [1.29, 1.82) is 0 Å². The Bertz CT molecular complexity index is 932. The van der Waals surface area contributed by atoms with Crippen LogP contribution in [-0.4, -0.2) is 11.2 Å². The van der Waals surface area contributed by atoms with Crippen molar-refractivity contribution in [2.24, 2.45) is 10.7 Å². The standard InChI is InChI=1S/C21H19ClN4/c22-18-6-3-16(4-7-18)17-5-8-20(23)19(12-17)21(24)9-11-26-14-15-2-1-10-25-13-15/h1-13H,14,23-24H2/b21-9-,26-11?. The summed E-state index contributed by atoms with van der Waals surface area (Å²) in [4.78, 5) is 8.41. The van der Waals surface area contributed by atoms with Gasteiger partial charge < -0.3 is 11.5 Å². The Morgan fingerprint density at radius 3 is 2.58 bits per heavy atom. The van der Waals surface area contributed by atoms with Gasteiger partial charge in [-0.25, -0.2) is 0 Å². The quantitative estimate of drug-likeness (QED) is 0.516. The van der Waals surface area contributed by atoms with E-state index in [9.17, 15) is 0 Å². The first-order valence-electron chi connectivity index (χ1n) is 8.14. The van der Waals surface area contributed by atoms with Crippen LogP contribution < -0.4 is 11.5 Å². The molecular formula is C21H19ClN4. The van der Waals surface area contributed by atoms with Gasteiger partial charge in [0.1, 0.15) is 0 Å². The van der Waals surface area contributed by atoms with Crippen molar-refractivity contribution in [3.8, 4) is 11.1 Å². The van der Waals surface area contributed by atoms with Gasteiger partial charge in [-0.3, -0.25) is 9.98 Å². The van der Waals surface area contributed by atoms with Crippen molar-refractivity contribution in [3.05, 3.63) is 89.2 Å². The maximum atomic E-state index is 6.20. The Morgan fingerprint density at radius 1 is 1.08 bits per heavy atom. The van der Waals surface area contributed by atoms with Gasteiger partial charge in [0.15, 0.2) is 0 Å². The SMILES string of the molecule is N/C(=C\C=NCc1cccnc1)c1cc(-c2ccc(Cl)cc2)ccc1N. The van der Waals surface area contributed by atoms with Crippen LogP contribution in [0.25, 0.3) is 16.8 Å². The molecule has 0 radical (unpaired) electrons. The normalized spacial score (nSPS) is 11.8. The molecule has 0 atom stereocenters. The summed E-state index contributed by atoms with van der Waals surface area (Å²) in [5.41, 5.74) is 17.4. The zero-order valence-electron chi connectivity index (χ0n) is 14.1. The Balaban J connectivity index is 1.78. The van der Waals surface area contributed by atoms with Gasteiger partial charge in [-0.05, 0) is 53.1 Å². The minimum atomic E-state index is 0.553. The highest BCUT2D eigenvalue weighted by Gasteiger charge is 2.05. The molecule has 0 saturated carbocycles. The predicted molar refractivity (Wildman–Crippen MR) is 110 cm³/mol. The molecule has 1 heterocycles. The summed E-state index contributed by atoms with van der Waals surface area (Å²) in [5, 5.41) is 0.702. The molecule has 1 aromatic heterocycles. The number of anilines is 1. The van der Waals surface area contributed by atoms with Gasteiger partial charge in [0.25, 0.3) is 0 Å². The van der Waals surface area contributed by atoms with Gasteiger partial charge in [0.05, 0.1) is 6.54 Å². The third-order valence-electron chi connectivity index (χ3n) is 3.90. The van der Waals surface area contributed by atoms with Crippen molar-refractivity contribution in [3.63, 3.8) is 0 Å². The second kappa shape index (κ2) is 8.32. The number of allylic oxidation sites excluding steroid dienone is 1. The number of hydrogen-bond acceptors (Lipinski definition) is 4. The van der Waals surface area contributed by atoms with E-state index in [4.69, 9.17) is 23.1 Å². The first-order chi connectivity index (χ1) is 12.6. The molecule has 0 aliphatic rings. The molecule has 0 amide bonds. The van der Waals surface area contributed by atoms with Crippen LogP contribution in [0.15, 0.2) is 78.1 Å². The van der Waals surface area contributed by atoms with Crippen LogP contribution in [0.3, 0.4) is 0 Å². The third kappa shape index (κ3) is 4.49. The molecule has 2 aromatic carbocycles. The van der Waals surface area contributed by atoms with Crippen LogP contribution in [0.2, 0.25) is 5.02 Å². The smallest absolute Gasteiger partial charge is 0.0654 e. The number of halogens is 1. The number of pyridine rings is 1. The van der Waals surface area contributed by atoms with Crippen LogP contribution >= 0.6 is 11.6 Å². The van der Waals surface area contributed by atoms with Crippen LogP contribution in [0.4, 0.5) is 5.69 Å². The summed E-state index contributed by atoms with van der Waals surface area (Å²) in [7, 11) is 0. The minimum Gasteiger partial charge on any atom is -0.398 e. The van der Waals surface area contributed by atoms with Crippen molar-refractivity contribution in [2.75, 3.05) is 5.73 Å². The predicted octanol–water partition coefficient (Wildman–Crippen LogP) is 4.55. The number of nitrogens with zero attached hydrogens (tertiary/aromatic N) is 2. The van der Waals surface area contributed by atoms with Crippen LogP contribution in [0.1, 0.15) is 11.1 Å². The Kier molecular flexibility index (Phi) is 5.66. The minimum absolute atomic E-state index is 0.553. The lowest BCUT2D eigenvalue weighted by Gasteiger charge is -2.09. The first kappa shape index (κ1) is 17.7. The molecule has 130 valence electrons. The van der Waals surface area contributed by atoms with Crippen molar-refractivity contribution in [1.82, 2.24) is 4.98 Å². The molecule has 0 aliphatic carbocycles. The zero-order chi connectivity index (χ0) is 18.4. The second-order valence-electron chi connectivity index (χ2n) is 5.78. The lowest BCUT2D eigenvalue weighted by Crippen LogP contribution is -2.02. The lowest BCUT2D eigenvalue weighted by molar-refractivity contribution is 1.05. The molecule has 3 rings (SSSR count). The van der Waals surface area contributed by atoms with Crippen LogP contribution in [0, 0.1) is 0 Å². The number of nitrogen functional groups attached to an aromatic ring is 1. The van der Waals surface area contributed by atoms with E-state index in [2.05, 4.69) is 9.98 Å². The Hall–Kier alpha value is -3.11. The third-order valence-corrected chi connectivity index (χ3v) is 4.15. The molecule has 0 saturated heterocycles. The number of aromatic nitrogens is 1. The van der Waals surface area contributed by atoms with Gasteiger partial charge in [0.2, 0.25) is 0 Å². The summed E-state index contributed by atoms with van der Waals surface area (Å²) in [5.74, 6) is 0. The van der Waals surface area contributed by atoms with Gasteiger partial charge in [-0.15, -0.1) is 0 Å². The van der Waals surface area contributed by atoms with Crippen LogP contribution in [-0.2, 0) is 6.54 Å².